The van der Waals surface area contributed by atoms with Crippen molar-refractivity contribution in [3.05, 3.63) is 35.3 Å². The Labute approximate surface area is 58.4 Å². The molecule has 1 aromatic rings. The lowest BCUT2D eigenvalue weighted by atomic mass is 10.2. The van der Waals surface area contributed by atoms with Crippen LogP contribution in [0.2, 0.25) is 0 Å². The first-order valence-electron chi connectivity index (χ1n) is 3.16. The minimum Gasteiger partial charge on any atom is -0.619 e. The van der Waals surface area contributed by atoms with Gasteiger partial charge in [-0.05, 0) is 6.07 Å². The van der Waals surface area contributed by atoms with Crippen molar-refractivity contribution in [1.82, 2.24) is 0 Å². The summed E-state index contributed by atoms with van der Waals surface area (Å²) in [5.74, 6) is 0. The normalized spacial score (nSPS) is 22.6. The molecule has 0 bridgehead atoms. The molecule has 10 heavy (non-hydrogen) atoms. The lowest BCUT2D eigenvalue weighted by Crippen LogP contribution is -2.24. The summed E-state index contributed by atoms with van der Waals surface area (Å²) in [4.78, 5) is 0. The molecule has 0 aliphatic carbocycles. The van der Waals surface area contributed by atoms with Gasteiger partial charge >= 0.3 is 0 Å². The summed E-state index contributed by atoms with van der Waals surface area (Å²) in [6, 6.07) is 3.62. The van der Waals surface area contributed by atoms with Gasteiger partial charge in [-0.1, -0.05) is 0 Å². The van der Waals surface area contributed by atoms with Gasteiger partial charge in [-0.2, -0.15) is 4.73 Å². The molecular formula is C7H7NO2. The third kappa shape index (κ3) is 0.953. The van der Waals surface area contributed by atoms with Crippen LogP contribution in [0.25, 0.3) is 0 Å². The Kier molecular flexibility index (Phi) is 1.11. The van der Waals surface area contributed by atoms with Crippen molar-refractivity contribution in [2.24, 2.45) is 0 Å². The molecule has 1 aliphatic rings. The van der Waals surface area contributed by atoms with Crippen LogP contribution in [-0.4, -0.2) is 6.61 Å². The van der Waals surface area contributed by atoms with Gasteiger partial charge in [-0.3, -0.25) is 0 Å². The number of pyridine rings is 1. The second-order valence-electron chi connectivity index (χ2n) is 2.32. The van der Waals surface area contributed by atoms with E-state index in [-0.39, 0.29) is 6.10 Å². The maximum Gasteiger partial charge on any atom is 0.186 e. The number of hydrogen-bond acceptors (Lipinski definition) is 2. The molecule has 3 nitrogen and oxygen atoms in total. The summed E-state index contributed by atoms with van der Waals surface area (Å²) < 4.78 is 5.79. The summed E-state index contributed by atoms with van der Waals surface area (Å²) in [6.07, 6.45) is 3.19. The van der Waals surface area contributed by atoms with Crippen molar-refractivity contribution < 1.29 is 9.47 Å². The Morgan fingerprint density at radius 3 is 3.10 bits per heavy atom. The molecular weight excluding hydrogens is 130 g/mol. The van der Waals surface area contributed by atoms with E-state index in [1.54, 1.807) is 6.07 Å². The fraction of sp³-hybridized carbons (Fsp3) is 0.286. The molecule has 0 radical (unpaired) electrons. The van der Waals surface area contributed by atoms with Crippen molar-refractivity contribution in [3.8, 4) is 0 Å². The average Bonchev–Trinajstić information content (AvgIpc) is 2.68. The molecule has 0 unspecified atom stereocenters. The lowest BCUT2D eigenvalue weighted by Gasteiger charge is -1.95. The number of rotatable bonds is 1. The summed E-state index contributed by atoms with van der Waals surface area (Å²) >= 11 is 0. The monoisotopic (exact) mass is 137 g/mol. The van der Waals surface area contributed by atoms with Crippen LogP contribution in [0.3, 0.4) is 0 Å². The predicted octanol–water partition coefficient (Wildman–Crippen LogP) is 0.391. The number of nitrogens with zero attached hydrogens (tertiary/aromatic N) is 1. The number of hydrogen-bond donors (Lipinski definition) is 0. The van der Waals surface area contributed by atoms with Gasteiger partial charge in [0.15, 0.2) is 12.4 Å². The maximum absolute atomic E-state index is 10.7. The standard InChI is InChI=1S/C7H7NO2/c9-8-3-1-2-6(4-8)7-5-10-7/h1-4,7H,5H2/t7-/m0/s1. The van der Waals surface area contributed by atoms with Crippen LogP contribution in [-0.2, 0) is 4.74 Å². The van der Waals surface area contributed by atoms with Gasteiger partial charge in [0.25, 0.3) is 0 Å². The minimum absolute atomic E-state index is 0.182. The minimum atomic E-state index is 0.182. The third-order valence-electron chi connectivity index (χ3n) is 1.50. The van der Waals surface area contributed by atoms with Crippen LogP contribution >= 0.6 is 0 Å². The van der Waals surface area contributed by atoms with Crippen molar-refractivity contribution in [2.75, 3.05) is 6.61 Å². The van der Waals surface area contributed by atoms with Gasteiger partial charge in [-0.15, -0.1) is 0 Å². The Balaban J connectivity index is 2.32. The van der Waals surface area contributed by atoms with Gasteiger partial charge in [-0.25, -0.2) is 0 Å². The van der Waals surface area contributed by atoms with E-state index in [0.717, 1.165) is 16.9 Å². The Morgan fingerprint density at radius 2 is 2.50 bits per heavy atom. The fourth-order valence-electron chi connectivity index (χ4n) is 0.903. The average molecular weight is 137 g/mol. The molecule has 52 valence electrons. The van der Waals surface area contributed by atoms with E-state index >= 15 is 0 Å². The van der Waals surface area contributed by atoms with Crippen LogP contribution < -0.4 is 4.73 Å². The first-order chi connectivity index (χ1) is 4.86. The number of epoxide rings is 1. The Bertz CT molecular complexity index is 245. The first-order valence-corrected chi connectivity index (χ1v) is 3.16. The predicted molar refractivity (Wildman–Crippen MR) is 34.1 cm³/mol. The number of ether oxygens (including phenoxy) is 1. The molecule has 2 rings (SSSR count). The largest absolute Gasteiger partial charge is 0.619 e. The molecule has 1 aromatic heterocycles. The summed E-state index contributed by atoms with van der Waals surface area (Å²) in [5, 5.41) is 10.7. The molecule has 1 fully saturated rings. The van der Waals surface area contributed by atoms with Crippen LogP contribution in [0.4, 0.5) is 0 Å². The van der Waals surface area contributed by atoms with Crippen molar-refractivity contribution in [2.45, 2.75) is 6.10 Å². The van der Waals surface area contributed by atoms with E-state index in [2.05, 4.69) is 0 Å². The van der Waals surface area contributed by atoms with Gasteiger partial charge in [0.2, 0.25) is 0 Å². The van der Waals surface area contributed by atoms with Gasteiger partial charge in [0, 0.05) is 11.6 Å². The quantitative estimate of drug-likeness (QED) is 0.319. The summed E-state index contributed by atoms with van der Waals surface area (Å²) in [6.45, 7) is 0.754. The summed E-state index contributed by atoms with van der Waals surface area (Å²) in [7, 11) is 0. The zero-order valence-electron chi connectivity index (χ0n) is 5.36. The highest BCUT2D eigenvalue weighted by Gasteiger charge is 2.26. The molecule has 0 amide bonds. The first kappa shape index (κ1) is 5.68. The second-order valence-corrected chi connectivity index (χ2v) is 2.32. The fourth-order valence-corrected chi connectivity index (χ4v) is 0.903. The van der Waals surface area contributed by atoms with E-state index in [9.17, 15) is 5.21 Å². The van der Waals surface area contributed by atoms with Crippen molar-refractivity contribution in [3.63, 3.8) is 0 Å². The molecule has 1 aliphatic heterocycles. The van der Waals surface area contributed by atoms with Gasteiger partial charge in [0.1, 0.15) is 6.10 Å². The Hall–Kier alpha value is -1.09. The van der Waals surface area contributed by atoms with E-state index in [0.29, 0.717) is 0 Å². The zero-order chi connectivity index (χ0) is 6.97. The van der Waals surface area contributed by atoms with E-state index in [4.69, 9.17) is 4.74 Å². The smallest absolute Gasteiger partial charge is 0.186 e. The van der Waals surface area contributed by atoms with Crippen molar-refractivity contribution in [1.29, 1.82) is 0 Å². The van der Waals surface area contributed by atoms with Crippen LogP contribution in [0, 0.1) is 5.21 Å². The van der Waals surface area contributed by atoms with Crippen LogP contribution in [0.15, 0.2) is 24.5 Å². The second kappa shape index (κ2) is 1.95. The van der Waals surface area contributed by atoms with E-state index in [1.165, 1.54) is 12.4 Å². The zero-order valence-corrected chi connectivity index (χ0v) is 5.36. The van der Waals surface area contributed by atoms with E-state index in [1.807, 2.05) is 6.07 Å². The molecule has 3 heteroatoms. The topological polar surface area (TPSA) is 39.5 Å². The highest BCUT2D eigenvalue weighted by Crippen LogP contribution is 2.27. The molecule has 0 aromatic carbocycles. The molecule has 0 saturated carbocycles. The van der Waals surface area contributed by atoms with Gasteiger partial charge in [0.05, 0.1) is 6.61 Å². The third-order valence-corrected chi connectivity index (χ3v) is 1.50. The van der Waals surface area contributed by atoms with Crippen LogP contribution in [0.5, 0.6) is 0 Å². The Morgan fingerprint density at radius 1 is 1.70 bits per heavy atom. The highest BCUT2D eigenvalue weighted by molar-refractivity contribution is 5.12. The van der Waals surface area contributed by atoms with Gasteiger partial charge < -0.3 is 9.94 Å². The molecule has 1 atom stereocenters. The number of aromatic nitrogens is 1. The van der Waals surface area contributed by atoms with Crippen molar-refractivity contribution >= 4 is 0 Å². The molecule has 1 saturated heterocycles. The molecule has 0 N–H and O–H groups in total. The SMILES string of the molecule is [O-][n+]1cccc([C@@H]2CO2)c1. The highest BCUT2D eigenvalue weighted by atomic mass is 16.6. The molecule has 0 spiro atoms. The van der Waals surface area contributed by atoms with Crippen LogP contribution in [0.1, 0.15) is 11.7 Å². The lowest BCUT2D eigenvalue weighted by molar-refractivity contribution is -0.605. The van der Waals surface area contributed by atoms with E-state index < -0.39 is 0 Å². The summed E-state index contributed by atoms with van der Waals surface area (Å²) in [5.41, 5.74) is 0.970. The maximum atomic E-state index is 10.7. The molecule has 2 heterocycles.